The fraction of sp³-hybridized carbons (Fsp3) is 0.941. The van der Waals surface area contributed by atoms with Gasteiger partial charge in [0.1, 0.15) is 19.3 Å². The molecule has 516 valence electrons. The van der Waals surface area contributed by atoms with Crippen LogP contribution in [0.5, 0.6) is 0 Å². The molecule has 3 unspecified atom stereocenters. The predicted octanol–water partition coefficient (Wildman–Crippen LogP) is 19.2. The van der Waals surface area contributed by atoms with Crippen LogP contribution in [-0.2, 0) is 65.4 Å². The number of hydrogen-bond acceptors (Lipinski definition) is 15. The SMILES string of the molecule is CCCCCCCCCCCCCCCCCCCCCCC(=O)O[C@H](COC(=O)CCCCCCCCC(C)CC)COP(=O)(O)OC[C@@H](O)COP(=O)(O)OC[C@@H](COC(=O)CCCCCCCCCC)OC(=O)CCCCCCCCC(C)C. The van der Waals surface area contributed by atoms with Crippen molar-refractivity contribution >= 4 is 39.5 Å². The molecule has 3 N–H and O–H groups in total. The van der Waals surface area contributed by atoms with Crippen molar-refractivity contribution in [3.63, 3.8) is 0 Å². The van der Waals surface area contributed by atoms with Crippen LogP contribution in [0.2, 0.25) is 0 Å². The largest absolute Gasteiger partial charge is 0.472 e. The van der Waals surface area contributed by atoms with Crippen LogP contribution in [0.25, 0.3) is 0 Å². The second-order valence-electron chi connectivity index (χ2n) is 25.3. The number of aliphatic hydroxyl groups excluding tert-OH is 1. The van der Waals surface area contributed by atoms with Crippen LogP contribution >= 0.6 is 15.6 Å². The summed E-state index contributed by atoms with van der Waals surface area (Å²) >= 11 is 0. The number of phosphoric ester groups is 2. The summed E-state index contributed by atoms with van der Waals surface area (Å²) in [5, 5.41) is 10.5. The van der Waals surface area contributed by atoms with Gasteiger partial charge in [0.15, 0.2) is 12.2 Å². The summed E-state index contributed by atoms with van der Waals surface area (Å²) in [6, 6.07) is 0. The average Bonchev–Trinajstić information content (AvgIpc) is 3.66. The molecule has 0 radical (unpaired) electrons. The van der Waals surface area contributed by atoms with Crippen molar-refractivity contribution in [3.8, 4) is 0 Å². The Labute approximate surface area is 530 Å². The smallest absolute Gasteiger partial charge is 0.462 e. The first-order chi connectivity index (χ1) is 41.9. The van der Waals surface area contributed by atoms with Crippen molar-refractivity contribution in [1.82, 2.24) is 0 Å². The molecule has 0 spiro atoms. The Morgan fingerprint density at radius 1 is 0.333 bits per heavy atom. The highest BCUT2D eigenvalue weighted by atomic mass is 31.2. The molecule has 0 saturated heterocycles. The average molecular weight is 1280 g/mol. The third-order valence-electron chi connectivity index (χ3n) is 16.1. The third kappa shape index (κ3) is 61.3. The lowest BCUT2D eigenvalue weighted by atomic mass is 10.00. The standard InChI is InChI=1S/C68H132O17P2/c1-7-10-12-14-16-18-19-20-21-22-23-24-25-26-27-28-29-31-40-46-52-67(72)84-63(57-79-66(71)51-45-39-35-33-37-43-49-61(6)9-3)58-82-86(74,75)80-54-62(69)55-81-87(76,77)83-59-64(56-78-65(70)50-44-38-30-17-15-13-11-8-2)85-68(73)53-47-41-34-32-36-42-48-60(4)5/h60-64,69H,7-59H2,1-6H3,(H,74,75)(H,76,77)/t61?,62-,63-,64-/m1/s1. The molecule has 17 nitrogen and oxygen atoms in total. The highest BCUT2D eigenvalue weighted by Crippen LogP contribution is 2.45. The Bertz CT molecular complexity index is 1700. The van der Waals surface area contributed by atoms with Gasteiger partial charge in [-0.2, -0.15) is 0 Å². The molecule has 0 rings (SSSR count). The minimum atomic E-state index is -4.95. The van der Waals surface area contributed by atoms with Gasteiger partial charge < -0.3 is 33.8 Å². The fourth-order valence-corrected chi connectivity index (χ4v) is 11.8. The molecule has 0 aliphatic heterocycles. The molecule has 19 heteroatoms. The van der Waals surface area contributed by atoms with Crippen molar-refractivity contribution in [2.75, 3.05) is 39.6 Å². The first-order valence-corrected chi connectivity index (χ1v) is 38.5. The molecule has 0 aromatic carbocycles. The van der Waals surface area contributed by atoms with Crippen LogP contribution in [-0.4, -0.2) is 96.7 Å². The molecule has 0 heterocycles. The highest BCUT2D eigenvalue weighted by molar-refractivity contribution is 7.47. The molecule has 0 fully saturated rings. The van der Waals surface area contributed by atoms with Crippen LogP contribution in [0.3, 0.4) is 0 Å². The zero-order valence-electron chi connectivity index (χ0n) is 56.3. The van der Waals surface area contributed by atoms with Crippen molar-refractivity contribution in [3.05, 3.63) is 0 Å². The number of phosphoric acid groups is 2. The van der Waals surface area contributed by atoms with Crippen LogP contribution in [0.1, 0.15) is 343 Å². The number of unbranched alkanes of at least 4 members (excludes halogenated alkanes) is 36. The normalized spacial score (nSPS) is 14.5. The second kappa shape index (κ2) is 60.3. The molecule has 0 aromatic heterocycles. The molecule has 6 atom stereocenters. The van der Waals surface area contributed by atoms with E-state index in [-0.39, 0.29) is 25.7 Å². The van der Waals surface area contributed by atoms with E-state index in [1.54, 1.807) is 0 Å². The van der Waals surface area contributed by atoms with E-state index in [0.29, 0.717) is 31.6 Å². The van der Waals surface area contributed by atoms with Gasteiger partial charge in [0.05, 0.1) is 26.4 Å². The van der Waals surface area contributed by atoms with Gasteiger partial charge in [-0.25, -0.2) is 9.13 Å². The van der Waals surface area contributed by atoms with Crippen molar-refractivity contribution in [2.45, 2.75) is 362 Å². The van der Waals surface area contributed by atoms with E-state index in [1.807, 2.05) is 0 Å². The number of rotatable bonds is 67. The lowest BCUT2D eigenvalue weighted by Gasteiger charge is -2.21. The minimum absolute atomic E-state index is 0.102. The Morgan fingerprint density at radius 2 is 0.586 bits per heavy atom. The molecule has 0 aliphatic rings. The lowest BCUT2D eigenvalue weighted by Crippen LogP contribution is -2.30. The Kier molecular flexibility index (Phi) is 59.0. The van der Waals surface area contributed by atoms with E-state index in [2.05, 4.69) is 41.5 Å². The Morgan fingerprint density at radius 3 is 0.874 bits per heavy atom. The van der Waals surface area contributed by atoms with E-state index in [0.717, 1.165) is 109 Å². The summed E-state index contributed by atoms with van der Waals surface area (Å²) in [7, 11) is -9.89. The third-order valence-corrected chi connectivity index (χ3v) is 18.0. The number of hydrogen-bond donors (Lipinski definition) is 3. The maximum absolute atomic E-state index is 13.0. The first-order valence-electron chi connectivity index (χ1n) is 35.5. The van der Waals surface area contributed by atoms with Crippen molar-refractivity contribution in [2.24, 2.45) is 11.8 Å². The van der Waals surface area contributed by atoms with E-state index >= 15 is 0 Å². The molecular formula is C68H132O17P2. The van der Waals surface area contributed by atoms with Crippen LogP contribution in [0, 0.1) is 11.8 Å². The van der Waals surface area contributed by atoms with E-state index in [9.17, 15) is 43.2 Å². The molecule has 0 aliphatic carbocycles. The zero-order valence-corrected chi connectivity index (χ0v) is 58.1. The number of carbonyl (C=O) groups excluding carboxylic acids is 4. The van der Waals surface area contributed by atoms with Gasteiger partial charge in [0.2, 0.25) is 0 Å². The second-order valence-corrected chi connectivity index (χ2v) is 28.2. The maximum Gasteiger partial charge on any atom is 0.472 e. The summed E-state index contributed by atoms with van der Waals surface area (Å²) in [6.45, 7) is 9.36. The quantitative estimate of drug-likeness (QED) is 0.0222. The summed E-state index contributed by atoms with van der Waals surface area (Å²) < 4.78 is 68.0. The van der Waals surface area contributed by atoms with Gasteiger partial charge in [0, 0.05) is 25.7 Å². The maximum atomic E-state index is 13.0. The van der Waals surface area contributed by atoms with Crippen molar-refractivity contribution in [1.29, 1.82) is 0 Å². The number of esters is 4. The molecule has 87 heavy (non-hydrogen) atoms. The van der Waals surface area contributed by atoms with Crippen LogP contribution in [0.15, 0.2) is 0 Å². The topological polar surface area (TPSA) is 237 Å². The Hall–Kier alpha value is -1.94. The zero-order chi connectivity index (χ0) is 64.3. The number of aliphatic hydroxyl groups is 1. The van der Waals surface area contributed by atoms with Gasteiger partial charge in [-0.05, 0) is 37.5 Å². The molecule has 0 amide bonds. The molecular weight excluding hydrogens is 1150 g/mol. The summed E-state index contributed by atoms with van der Waals surface area (Å²) in [5.74, 6) is -0.737. The molecule has 0 aromatic rings. The molecule has 0 bridgehead atoms. The van der Waals surface area contributed by atoms with Gasteiger partial charge in [-0.15, -0.1) is 0 Å². The van der Waals surface area contributed by atoms with E-state index < -0.39 is 97.5 Å². The van der Waals surface area contributed by atoms with Crippen LogP contribution < -0.4 is 0 Å². The minimum Gasteiger partial charge on any atom is -0.462 e. The summed E-state index contributed by atoms with van der Waals surface area (Å²) in [5.41, 5.74) is 0. The predicted molar refractivity (Wildman–Crippen MR) is 349 cm³/mol. The van der Waals surface area contributed by atoms with E-state index in [1.165, 1.54) is 148 Å². The Balaban J connectivity index is 5.14. The lowest BCUT2D eigenvalue weighted by molar-refractivity contribution is -0.161. The fourth-order valence-electron chi connectivity index (χ4n) is 10.2. The summed E-state index contributed by atoms with van der Waals surface area (Å²) in [4.78, 5) is 72.2. The number of ether oxygens (including phenoxy) is 4. The number of carbonyl (C=O) groups is 4. The van der Waals surface area contributed by atoms with Gasteiger partial charge in [-0.1, -0.05) is 292 Å². The molecule has 0 saturated carbocycles. The van der Waals surface area contributed by atoms with Crippen molar-refractivity contribution < 1.29 is 80.2 Å². The van der Waals surface area contributed by atoms with Gasteiger partial charge in [0.25, 0.3) is 0 Å². The van der Waals surface area contributed by atoms with E-state index in [4.69, 9.17) is 37.0 Å². The van der Waals surface area contributed by atoms with Crippen LogP contribution in [0.4, 0.5) is 0 Å². The first kappa shape index (κ1) is 85.1. The monoisotopic (exact) mass is 1280 g/mol. The summed E-state index contributed by atoms with van der Waals surface area (Å²) in [6.07, 6.45) is 44.9. The van der Waals surface area contributed by atoms with Gasteiger partial charge in [-0.3, -0.25) is 37.3 Å². The highest BCUT2D eigenvalue weighted by Gasteiger charge is 2.30. The van der Waals surface area contributed by atoms with Gasteiger partial charge >= 0.3 is 39.5 Å².